The molecule has 0 aromatic heterocycles. The Balaban J connectivity index is 3.11. The standard InChI is InChI=1S/C10H13Cl2N3O3S/c1-5(2-9(14)16)15-19(17,18)10-7(12)3-6(11)4-8(10)13/h3-5,15H,2,13H2,1H3,(H2,14,16). The molecular formula is C10H13Cl2N3O3S. The van der Waals surface area contributed by atoms with Gasteiger partial charge >= 0.3 is 0 Å². The fourth-order valence-electron chi connectivity index (χ4n) is 1.53. The number of primary amides is 1. The highest BCUT2D eigenvalue weighted by molar-refractivity contribution is 7.89. The second kappa shape index (κ2) is 5.96. The van der Waals surface area contributed by atoms with E-state index in [4.69, 9.17) is 34.7 Å². The molecule has 0 spiro atoms. The van der Waals surface area contributed by atoms with Crippen molar-refractivity contribution < 1.29 is 13.2 Å². The van der Waals surface area contributed by atoms with Gasteiger partial charge < -0.3 is 11.5 Å². The Hall–Kier alpha value is -1.02. The van der Waals surface area contributed by atoms with Crippen LogP contribution in [0.1, 0.15) is 13.3 Å². The fourth-order valence-corrected chi connectivity index (χ4v) is 3.76. The molecule has 19 heavy (non-hydrogen) atoms. The molecule has 1 amide bonds. The molecule has 0 fully saturated rings. The number of carbonyl (C=O) groups is 1. The maximum Gasteiger partial charge on any atom is 0.244 e. The van der Waals surface area contributed by atoms with E-state index in [-0.39, 0.29) is 27.0 Å². The lowest BCUT2D eigenvalue weighted by molar-refractivity contribution is -0.118. The Morgan fingerprint density at radius 2 is 2.00 bits per heavy atom. The van der Waals surface area contributed by atoms with E-state index in [0.29, 0.717) is 0 Å². The molecule has 0 saturated heterocycles. The van der Waals surface area contributed by atoms with Gasteiger partial charge in [0.2, 0.25) is 15.9 Å². The van der Waals surface area contributed by atoms with Gasteiger partial charge in [-0.15, -0.1) is 0 Å². The quantitative estimate of drug-likeness (QED) is 0.703. The molecule has 1 aromatic carbocycles. The van der Waals surface area contributed by atoms with Crippen LogP contribution in [0.4, 0.5) is 5.69 Å². The molecule has 106 valence electrons. The van der Waals surface area contributed by atoms with Gasteiger partial charge in [0.25, 0.3) is 0 Å². The number of nitrogen functional groups attached to an aromatic ring is 1. The number of halogens is 2. The first kappa shape index (κ1) is 16.0. The number of benzene rings is 1. The molecular weight excluding hydrogens is 313 g/mol. The average Bonchev–Trinajstić information content (AvgIpc) is 2.10. The molecule has 1 atom stereocenters. The number of nitrogens with one attached hydrogen (secondary N) is 1. The van der Waals surface area contributed by atoms with Crippen molar-refractivity contribution in [1.29, 1.82) is 0 Å². The van der Waals surface area contributed by atoms with Crippen molar-refractivity contribution >= 4 is 44.8 Å². The molecule has 0 aliphatic carbocycles. The van der Waals surface area contributed by atoms with Gasteiger partial charge in [-0.05, 0) is 19.1 Å². The Kier molecular flexibility index (Phi) is 5.03. The van der Waals surface area contributed by atoms with E-state index in [1.165, 1.54) is 19.1 Å². The van der Waals surface area contributed by atoms with E-state index in [1.807, 2.05) is 0 Å². The summed E-state index contributed by atoms with van der Waals surface area (Å²) in [7, 11) is -3.96. The summed E-state index contributed by atoms with van der Waals surface area (Å²) in [6.07, 6.45) is -0.135. The van der Waals surface area contributed by atoms with Crippen LogP contribution in [0, 0.1) is 0 Å². The maximum absolute atomic E-state index is 12.1. The second-order valence-electron chi connectivity index (χ2n) is 4.00. The zero-order chi connectivity index (χ0) is 14.8. The molecule has 0 heterocycles. The molecule has 1 rings (SSSR count). The van der Waals surface area contributed by atoms with Gasteiger partial charge in [0, 0.05) is 17.5 Å². The highest BCUT2D eigenvalue weighted by Crippen LogP contribution is 2.31. The highest BCUT2D eigenvalue weighted by Gasteiger charge is 2.24. The Labute approximate surface area is 121 Å². The predicted molar refractivity (Wildman–Crippen MR) is 74.5 cm³/mol. The first-order valence-electron chi connectivity index (χ1n) is 5.18. The molecule has 5 N–H and O–H groups in total. The fraction of sp³-hybridized carbons (Fsp3) is 0.300. The number of rotatable bonds is 5. The van der Waals surface area contributed by atoms with E-state index >= 15 is 0 Å². The number of hydrogen-bond donors (Lipinski definition) is 3. The Morgan fingerprint density at radius 1 is 1.42 bits per heavy atom. The van der Waals surface area contributed by atoms with Crippen LogP contribution in [0.2, 0.25) is 10.0 Å². The molecule has 1 unspecified atom stereocenters. The third-order valence-corrected chi connectivity index (χ3v) is 4.50. The van der Waals surface area contributed by atoms with Gasteiger partial charge in [-0.1, -0.05) is 23.2 Å². The van der Waals surface area contributed by atoms with Gasteiger partial charge in [-0.25, -0.2) is 13.1 Å². The number of sulfonamides is 1. The predicted octanol–water partition coefficient (Wildman–Crippen LogP) is 1.12. The van der Waals surface area contributed by atoms with Crippen molar-refractivity contribution in [2.24, 2.45) is 5.73 Å². The van der Waals surface area contributed by atoms with Crippen molar-refractivity contribution in [2.45, 2.75) is 24.3 Å². The average molecular weight is 326 g/mol. The van der Waals surface area contributed by atoms with Crippen LogP contribution in [-0.4, -0.2) is 20.4 Å². The molecule has 0 saturated carbocycles. The maximum atomic E-state index is 12.1. The first-order chi connectivity index (χ1) is 8.63. The minimum absolute atomic E-state index is 0.0729. The van der Waals surface area contributed by atoms with E-state index < -0.39 is 22.0 Å². The zero-order valence-electron chi connectivity index (χ0n) is 9.98. The summed E-state index contributed by atoms with van der Waals surface area (Å²) >= 11 is 11.5. The second-order valence-corrected chi connectivity index (χ2v) is 6.49. The summed E-state index contributed by atoms with van der Waals surface area (Å²) in [5.41, 5.74) is 10.5. The summed E-state index contributed by atoms with van der Waals surface area (Å²) in [6, 6.07) is 1.88. The van der Waals surface area contributed by atoms with E-state index in [1.54, 1.807) is 0 Å². The lowest BCUT2D eigenvalue weighted by Gasteiger charge is -2.15. The van der Waals surface area contributed by atoms with Gasteiger partial charge in [-0.3, -0.25) is 4.79 Å². The summed E-state index contributed by atoms with van der Waals surface area (Å²) in [4.78, 5) is 10.5. The molecule has 1 aromatic rings. The van der Waals surface area contributed by atoms with Crippen LogP contribution in [-0.2, 0) is 14.8 Å². The summed E-state index contributed by atoms with van der Waals surface area (Å²) < 4.78 is 26.5. The van der Waals surface area contributed by atoms with Crippen molar-refractivity contribution in [3.05, 3.63) is 22.2 Å². The van der Waals surface area contributed by atoms with Gasteiger partial charge in [-0.2, -0.15) is 0 Å². The van der Waals surface area contributed by atoms with Crippen LogP contribution >= 0.6 is 23.2 Å². The summed E-state index contributed by atoms with van der Waals surface area (Å²) in [5, 5.41) is 0.135. The van der Waals surface area contributed by atoms with Crippen LogP contribution in [0.5, 0.6) is 0 Å². The first-order valence-corrected chi connectivity index (χ1v) is 7.42. The number of hydrogen-bond acceptors (Lipinski definition) is 4. The minimum atomic E-state index is -3.96. The molecule has 6 nitrogen and oxygen atoms in total. The summed E-state index contributed by atoms with van der Waals surface area (Å²) in [5.74, 6) is -0.620. The van der Waals surface area contributed by atoms with Crippen LogP contribution in [0.3, 0.4) is 0 Å². The van der Waals surface area contributed by atoms with E-state index in [9.17, 15) is 13.2 Å². The summed E-state index contributed by atoms with van der Waals surface area (Å²) in [6.45, 7) is 1.50. The van der Waals surface area contributed by atoms with Crippen molar-refractivity contribution in [2.75, 3.05) is 5.73 Å². The van der Waals surface area contributed by atoms with Gasteiger partial charge in [0.05, 0.1) is 10.7 Å². The minimum Gasteiger partial charge on any atom is -0.398 e. The lowest BCUT2D eigenvalue weighted by Crippen LogP contribution is -2.36. The molecule has 9 heteroatoms. The molecule has 0 radical (unpaired) electrons. The lowest BCUT2D eigenvalue weighted by atomic mass is 10.2. The van der Waals surface area contributed by atoms with Crippen LogP contribution < -0.4 is 16.2 Å². The van der Waals surface area contributed by atoms with Crippen molar-refractivity contribution in [3.63, 3.8) is 0 Å². The van der Waals surface area contributed by atoms with Crippen LogP contribution in [0.25, 0.3) is 0 Å². The molecule has 0 bridgehead atoms. The number of anilines is 1. The number of nitrogens with two attached hydrogens (primary N) is 2. The largest absolute Gasteiger partial charge is 0.398 e. The van der Waals surface area contributed by atoms with E-state index in [0.717, 1.165) is 0 Å². The van der Waals surface area contributed by atoms with Crippen molar-refractivity contribution in [1.82, 2.24) is 4.72 Å². The SMILES string of the molecule is CC(CC(N)=O)NS(=O)(=O)c1c(N)cc(Cl)cc1Cl. The van der Waals surface area contributed by atoms with Crippen molar-refractivity contribution in [3.8, 4) is 0 Å². The molecule has 0 aliphatic rings. The zero-order valence-corrected chi connectivity index (χ0v) is 12.3. The van der Waals surface area contributed by atoms with Crippen LogP contribution in [0.15, 0.2) is 17.0 Å². The normalized spacial score (nSPS) is 13.2. The van der Waals surface area contributed by atoms with Gasteiger partial charge in [0.15, 0.2) is 0 Å². The Morgan fingerprint density at radius 3 is 2.47 bits per heavy atom. The highest BCUT2D eigenvalue weighted by atomic mass is 35.5. The topological polar surface area (TPSA) is 115 Å². The van der Waals surface area contributed by atoms with E-state index in [2.05, 4.69) is 4.72 Å². The number of carbonyl (C=O) groups excluding carboxylic acids is 1. The third kappa shape index (κ3) is 4.24. The molecule has 0 aliphatic heterocycles. The smallest absolute Gasteiger partial charge is 0.244 e. The Bertz CT molecular complexity index is 581. The monoisotopic (exact) mass is 325 g/mol. The number of amides is 1. The van der Waals surface area contributed by atoms with Gasteiger partial charge in [0.1, 0.15) is 4.90 Å². The third-order valence-electron chi connectivity index (χ3n) is 2.17.